The maximum absolute atomic E-state index is 8.64. The molecule has 0 amide bonds. The summed E-state index contributed by atoms with van der Waals surface area (Å²) in [5.74, 6) is 0.740. The van der Waals surface area contributed by atoms with Gasteiger partial charge in [-0.1, -0.05) is 6.92 Å². The molecule has 1 aliphatic rings. The Labute approximate surface area is 69.0 Å². The average Bonchev–Trinajstić information content (AvgIpc) is 2.52. The quantitative estimate of drug-likeness (QED) is 0.641. The second-order valence-electron chi connectivity index (χ2n) is 3.55. The number of aliphatic hydroxyl groups excluding tert-OH is 1. The largest absolute Gasteiger partial charge is 0.396 e. The second kappa shape index (κ2) is 4.73. The maximum Gasteiger partial charge on any atom is 0.0431 e. The van der Waals surface area contributed by atoms with Crippen molar-refractivity contribution in [2.24, 2.45) is 5.92 Å². The van der Waals surface area contributed by atoms with Crippen LogP contribution in [0.3, 0.4) is 0 Å². The zero-order chi connectivity index (χ0) is 8.10. The van der Waals surface area contributed by atoms with Crippen molar-refractivity contribution in [1.29, 1.82) is 0 Å². The third kappa shape index (κ3) is 2.80. The van der Waals surface area contributed by atoms with Gasteiger partial charge in [0.05, 0.1) is 0 Å². The number of aliphatic hydroxyl groups is 1. The minimum atomic E-state index is 0.344. The van der Waals surface area contributed by atoms with Crippen molar-refractivity contribution < 1.29 is 5.11 Å². The number of hydrogen-bond donors (Lipinski definition) is 2. The van der Waals surface area contributed by atoms with Crippen LogP contribution in [-0.2, 0) is 0 Å². The Morgan fingerprint density at radius 1 is 1.64 bits per heavy atom. The molecule has 1 aliphatic heterocycles. The molecule has 2 unspecified atom stereocenters. The first-order chi connectivity index (χ1) is 5.34. The number of hydrogen-bond acceptors (Lipinski definition) is 2. The van der Waals surface area contributed by atoms with Gasteiger partial charge >= 0.3 is 0 Å². The van der Waals surface area contributed by atoms with Crippen molar-refractivity contribution in [2.45, 2.75) is 38.6 Å². The van der Waals surface area contributed by atoms with E-state index >= 15 is 0 Å². The Kier molecular flexibility index (Phi) is 3.87. The van der Waals surface area contributed by atoms with Crippen LogP contribution in [0, 0.1) is 5.92 Å². The molecule has 0 saturated carbocycles. The lowest BCUT2D eigenvalue weighted by molar-refractivity contribution is 0.264. The van der Waals surface area contributed by atoms with Crippen molar-refractivity contribution in [3.8, 4) is 0 Å². The molecule has 1 rings (SSSR count). The Bertz CT molecular complexity index is 99.7. The van der Waals surface area contributed by atoms with Crippen LogP contribution in [0.4, 0.5) is 0 Å². The minimum absolute atomic E-state index is 0.344. The molecule has 2 nitrogen and oxygen atoms in total. The topological polar surface area (TPSA) is 32.3 Å². The smallest absolute Gasteiger partial charge is 0.0431 e. The van der Waals surface area contributed by atoms with Crippen molar-refractivity contribution in [2.75, 3.05) is 13.2 Å². The molecule has 2 heteroatoms. The van der Waals surface area contributed by atoms with E-state index in [4.69, 9.17) is 5.11 Å². The van der Waals surface area contributed by atoms with Gasteiger partial charge in [0.1, 0.15) is 0 Å². The Balaban J connectivity index is 2.12. The van der Waals surface area contributed by atoms with E-state index in [1.165, 1.54) is 19.4 Å². The zero-order valence-electron chi connectivity index (χ0n) is 7.34. The van der Waals surface area contributed by atoms with Crippen molar-refractivity contribution in [3.63, 3.8) is 0 Å². The van der Waals surface area contributed by atoms with E-state index in [2.05, 4.69) is 12.2 Å². The highest BCUT2D eigenvalue weighted by Gasteiger charge is 2.19. The molecule has 0 radical (unpaired) electrons. The second-order valence-corrected chi connectivity index (χ2v) is 3.55. The summed E-state index contributed by atoms with van der Waals surface area (Å²) in [4.78, 5) is 0. The van der Waals surface area contributed by atoms with Gasteiger partial charge in [-0.15, -0.1) is 0 Å². The predicted octanol–water partition coefficient (Wildman–Crippen LogP) is 1.15. The molecular formula is C9H19NO. The third-order valence-corrected chi connectivity index (χ3v) is 2.60. The number of rotatable bonds is 4. The van der Waals surface area contributed by atoms with Crippen LogP contribution in [0.1, 0.15) is 32.6 Å². The molecule has 0 spiro atoms. The summed E-state index contributed by atoms with van der Waals surface area (Å²) in [6, 6.07) is 0.724. The molecule has 66 valence electrons. The van der Waals surface area contributed by atoms with Gasteiger partial charge in [0.15, 0.2) is 0 Å². The summed E-state index contributed by atoms with van der Waals surface area (Å²) in [7, 11) is 0. The molecule has 0 aromatic carbocycles. The third-order valence-electron chi connectivity index (χ3n) is 2.60. The molecule has 2 N–H and O–H groups in total. The maximum atomic E-state index is 8.64. The SMILES string of the molecule is CC(CCCO)C1CCCN1. The van der Waals surface area contributed by atoms with E-state index in [0.29, 0.717) is 6.61 Å². The van der Waals surface area contributed by atoms with Crippen LogP contribution in [-0.4, -0.2) is 24.3 Å². The van der Waals surface area contributed by atoms with Gasteiger partial charge in [-0.05, 0) is 38.1 Å². The average molecular weight is 157 g/mol. The molecule has 0 aliphatic carbocycles. The van der Waals surface area contributed by atoms with Gasteiger partial charge in [0, 0.05) is 12.6 Å². The van der Waals surface area contributed by atoms with Crippen LogP contribution in [0.5, 0.6) is 0 Å². The van der Waals surface area contributed by atoms with E-state index in [1.807, 2.05) is 0 Å². The molecule has 1 saturated heterocycles. The highest BCUT2D eigenvalue weighted by Crippen LogP contribution is 2.18. The van der Waals surface area contributed by atoms with E-state index in [1.54, 1.807) is 0 Å². The highest BCUT2D eigenvalue weighted by molar-refractivity contribution is 4.78. The molecule has 0 aromatic rings. The van der Waals surface area contributed by atoms with Crippen LogP contribution < -0.4 is 5.32 Å². The summed E-state index contributed by atoms with van der Waals surface area (Å²) >= 11 is 0. The van der Waals surface area contributed by atoms with Gasteiger partial charge < -0.3 is 10.4 Å². The van der Waals surface area contributed by atoms with Crippen molar-refractivity contribution in [3.05, 3.63) is 0 Å². The van der Waals surface area contributed by atoms with Crippen LogP contribution in [0.15, 0.2) is 0 Å². The number of nitrogens with one attached hydrogen (secondary N) is 1. The lowest BCUT2D eigenvalue weighted by Crippen LogP contribution is -2.28. The summed E-state index contributed by atoms with van der Waals surface area (Å²) in [6.07, 6.45) is 4.77. The van der Waals surface area contributed by atoms with Crippen molar-refractivity contribution >= 4 is 0 Å². The highest BCUT2D eigenvalue weighted by atomic mass is 16.2. The minimum Gasteiger partial charge on any atom is -0.396 e. The van der Waals surface area contributed by atoms with E-state index in [0.717, 1.165) is 24.8 Å². The van der Waals surface area contributed by atoms with Gasteiger partial charge in [-0.25, -0.2) is 0 Å². The first kappa shape index (κ1) is 9.01. The van der Waals surface area contributed by atoms with Crippen LogP contribution in [0.2, 0.25) is 0 Å². The molecular weight excluding hydrogens is 138 g/mol. The van der Waals surface area contributed by atoms with Crippen LogP contribution >= 0.6 is 0 Å². The predicted molar refractivity (Wildman–Crippen MR) is 46.5 cm³/mol. The van der Waals surface area contributed by atoms with Gasteiger partial charge in [-0.2, -0.15) is 0 Å². The fourth-order valence-corrected chi connectivity index (χ4v) is 1.81. The van der Waals surface area contributed by atoms with Crippen LogP contribution in [0.25, 0.3) is 0 Å². The Hall–Kier alpha value is -0.0800. The van der Waals surface area contributed by atoms with E-state index in [-0.39, 0.29) is 0 Å². The molecule has 2 atom stereocenters. The summed E-state index contributed by atoms with van der Waals surface area (Å²) in [5, 5.41) is 12.1. The normalized spacial score (nSPS) is 27.3. The van der Waals surface area contributed by atoms with Crippen molar-refractivity contribution in [1.82, 2.24) is 5.32 Å². The standard InChI is InChI=1S/C9H19NO/c1-8(4-3-7-11)9-5-2-6-10-9/h8-11H,2-7H2,1H3. The first-order valence-corrected chi connectivity index (χ1v) is 4.69. The fourth-order valence-electron chi connectivity index (χ4n) is 1.81. The molecule has 11 heavy (non-hydrogen) atoms. The molecule has 1 heterocycles. The summed E-state index contributed by atoms with van der Waals surface area (Å²) < 4.78 is 0. The van der Waals surface area contributed by atoms with Gasteiger partial charge in [0.2, 0.25) is 0 Å². The Morgan fingerprint density at radius 3 is 3.00 bits per heavy atom. The first-order valence-electron chi connectivity index (χ1n) is 4.69. The fraction of sp³-hybridized carbons (Fsp3) is 1.00. The zero-order valence-corrected chi connectivity index (χ0v) is 7.34. The van der Waals surface area contributed by atoms with E-state index in [9.17, 15) is 0 Å². The van der Waals surface area contributed by atoms with Gasteiger partial charge in [0.25, 0.3) is 0 Å². The molecule has 1 fully saturated rings. The molecule has 0 bridgehead atoms. The Morgan fingerprint density at radius 2 is 2.45 bits per heavy atom. The summed E-state index contributed by atoms with van der Waals surface area (Å²) in [6.45, 7) is 3.81. The monoisotopic (exact) mass is 157 g/mol. The summed E-state index contributed by atoms with van der Waals surface area (Å²) in [5.41, 5.74) is 0. The lowest BCUT2D eigenvalue weighted by Gasteiger charge is -2.18. The lowest BCUT2D eigenvalue weighted by atomic mass is 9.96. The van der Waals surface area contributed by atoms with E-state index < -0.39 is 0 Å². The molecule has 0 aromatic heterocycles. The van der Waals surface area contributed by atoms with Gasteiger partial charge in [-0.3, -0.25) is 0 Å².